The van der Waals surface area contributed by atoms with Crippen molar-refractivity contribution >= 4 is 11.8 Å². The maximum absolute atomic E-state index is 11.4. The fourth-order valence-corrected chi connectivity index (χ4v) is 1.60. The first kappa shape index (κ1) is 13.5. The Labute approximate surface area is 116 Å². The minimum absolute atomic E-state index is 0.267. The van der Waals surface area contributed by atoms with E-state index < -0.39 is 0 Å². The number of benzene rings is 1. The first-order valence-corrected chi connectivity index (χ1v) is 5.88. The van der Waals surface area contributed by atoms with Crippen LogP contribution in [0.4, 0.5) is 5.82 Å². The van der Waals surface area contributed by atoms with Gasteiger partial charge in [-0.1, -0.05) is 12.1 Å². The molecule has 0 unspecified atom stereocenters. The van der Waals surface area contributed by atoms with Gasteiger partial charge in [0, 0.05) is 6.54 Å². The van der Waals surface area contributed by atoms with Crippen molar-refractivity contribution in [2.45, 2.75) is 6.54 Å². The molecule has 0 radical (unpaired) electrons. The Morgan fingerprint density at radius 3 is 2.85 bits per heavy atom. The van der Waals surface area contributed by atoms with Gasteiger partial charge >= 0.3 is 5.97 Å². The number of anilines is 1. The molecule has 2 aromatic rings. The summed E-state index contributed by atoms with van der Waals surface area (Å²) in [5.41, 5.74) is 1.68. The fourth-order valence-electron chi connectivity index (χ4n) is 1.60. The summed E-state index contributed by atoms with van der Waals surface area (Å²) in [5, 5.41) is 19.3. The van der Waals surface area contributed by atoms with Crippen LogP contribution in [0.2, 0.25) is 0 Å². The number of carbonyl (C=O) groups excluding carboxylic acids is 1. The van der Waals surface area contributed by atoms with Crippen molar-refractivity contribution in [2.75, 3.05) is 12.4 Å². The molecule has 0 bridgehead atoms. The van der Waals surface area contributed by atoms with Gasteiger partial charge in [-0.2, -0.15) is 5.26 Å². The molecule has 1 heterocycles. The largest absolute Gasteiger partial charge is 0.465 e. The predicted molar refractivity (Wildman–Crippen MR) is 71.9 cm³/mol. The van der Waals surface area contributed by atoms with E-state index in [4.69, 9.17) is 5.26 Å². The zero-order valence-electron chi connectivity index (χ0n) is 10.8. The first-order valence-electron chi connectivity index (χ1n) is 5.88. The minimum Gasteiger partial charge on any atom is -0.465 e. The lowest BCUT2D eigenvalue weighted by atomic mass is 10.1. The Bertz CT molecular complexity index is 647. The highest BCUT2D eigenvalue weighted by molar-refractivity contribution is 5.89. The van der Waals surface area contributed by atoms with Gasteiger partial charge in [-0.15, -0.1) is 10.2 Å². The summed E-state index contributed by atoms with van der Waals surface area (Å²) in [4.78, 5) is 11.4. The van der Waals surface area contributed by atoms with Crippen LogP contribution in [0.25, 0.3) is 0 Å². The van der Waals surface area contributed by atoms with Gasteiger partial charge in [-0.3, -0.25) is 0 Å². The Balaban J connectivity index is 2.03. The van der Waals surface area contributed by atoms with Crippen molar-refractivity contribution in [2.24, 2.45) is 0 Å². The molecule has 1 aromatic heterocycles. The molecule has 0 aliphatic carbocycles. The van der Waals surface area contributed by atoms with Crippen LogP contribution in [0.1, 0.15) is 21.6 Å². The van der Waals surface area contributed by atoms with Gasteiger partial charge in [0.05, 0.1) is 12.7 Å². The molecular formula is C14H12N4O2. The first-order chi connectivity index (χ1) is 9.72. The van der Waals surface area contributed by atoms with E-state index in [-0.39, 0.29) is 11.7 Å². The zero-order valence-corrected chi connectivity index (χ0v) is 10.8. The molecule has 0 atom stereocenters. The van der Waals surface area contributed by atoms with E-state index in [1.54, 1.807) is 30.3 Å². The number of ether oxygens (including phenoxy) is 1. The van der Waals surface area contributed by atoms with Crippen LogP contribution in [0.15, 0.2) is 36.4 Å². The van der Waals surface area contributed by atoms with Crippen molar-refractivity contribution in [3.05, 3.63) is 53.2 Å². The normalized spacial score (nSPS) is 9.60. The van der Waals surface area contributed by atoms with Gasteiger partial charge in [0.15, 0.2) is 5.69 Å². The van der Waals surface area contributed by atoms with Crippen LogP contribution in [-0.2, 0) is 11.3 Å². The van der Waals surface area contributed by atoms with E-state index in [2.05, 4.69) is 20.3 Å². The molecule has 100 valence electrons. The second-order valence-corrected chi connectivity index (χ2v) is 3.96. The monoisotopic (exact) mass is 268 g/mol. The Morgan fingerprint density at radius 2 is 2.20 bits per heavy atom. The van der Waals surface area contributed by atoms with Crippen LogP contribution in [0, 0.1) is 11.3 Å². The third-order valence-corrected chi connectivity index (χ3v) is 2.60. The highest BCUT2D eigenvalue weighted by Crippen LogP contribution is 2.09. The number of hydrogen-bond donors (Lipinski definition) is 1. The number of methoxy groups -OCH3 is 1. The molecule has 1 aromatic carbocycles. The third kappa shape index (κ3) is 3.29. The summed E-state index contributed by atoms with van der Waals surface area (Å²) in [7, 11) is 1.35. The summed E-state index contributed by atoms with van der Waals surface area (Å²) in [6.45, 7) is 0.491. The van der Waals surface area contributed by atoms with Gasteiger partial charge in [0.25, 0.3) is 0 Å². The van der Waals surface area contributed by atoms with E-state index in [0.29, 0.717) is 17.9 Å². The minimum atomic E-state index is -0.370. The third-order valence-electron chi connectivity index (χ3n) is 2.60. The fraction of sp³-hybridized carbons (Fsp3) is 0.143. The number of carbonyl (C=O) groups is 1. The lowest BCUT2D eigenvalue weighted by Gasteiger charge is -2.06. The van der Waals surface area contributed by atoms with Gasteiger partial charge in [0.1, 0.15) is 11.9 Å². The maximum Gasteiger partial charge on any atom is 0.337 e. The average molecular weight is 268 g/mol. The molecule has 0 fully saturated rings. The highest BCUT2D eigenvalue weighted by atomic mass is 16.5. The molecular weight excluding hydrogens is 256 g/mol. The lowest BCUT2D eigenvalue weighted by molar-refractivity contribution is 0.0600. The quantitative estimate of drug-likeness (QED) is 0.850. The van der Waals surface area contributed by atoms with Gasteiger partial charge in [-0.05, 0) is 29.8 Å². The molecule has 0 aliphatic heterocycles. The summed E-state index contributed by atoms with van der Waals surface area (Å²) in [6, 6.07) is 12.3. The molecule has 6 nitrogen and oxygen atoms in total. The number of rotatable bonds is 4. The van der Waals surface area contributed by atoms with E-state index in [1.807, 2.05) is 12.1 Å². The SMILES string of the molecule is COC(=O)c1cccc(CNc2ccc(C#N)nn2)c1. The van der Waals surface area contributed by atoms with Crippen LogP contribution in [-0.4, -0.2) is 23.3 Å². The average Bonchev–Trinajstić information content (AvgIpc) is 2.53. The standard InChI is InChI=1S/C14H12N4O2/c1-20-14(19)11-4-2-3-10(7-11)9-16-13-6-5-12(8-15)17-18-13/h2-7H,9H2,1H3,(H,16,18). The molecule has 6 heteroatoms. The Hall–Kier alpha value is -2.94. The van der Waals surface area contributed by atoms with Crippen molar-refractivity contribution < 1.29 is 9.53 Å². The van der Waals surface area contributed by atoms with E-state index in [1.165, 1.54) is 7.11 Å². The predicted octanol–water partition coefficient (Wildman–Crippen LogP) is 1.75. The van der Waals surface area contributed by atoms with Crippen LogP contribution < -0.4 is 5.32 Å². The zero-order chi connectivity index (χ0) is 14.4. The molecule has 1 N–H and O–H groups in total. The van der Waals surface area contributed by atoms with Crippen LogP contribution in [0.5, 0.6) is 0 Å². The Kier molecular flexibility index (Phi) is 4.24. The molecule has 0 saturated carbocycles. The molecule has 0 saturated heterocycles. The van der Waals surface area contributed by atoms with Gasteiger partial charge < -0.3 is 10.1 Å². The van der Waals surface area contributed by atoms with Crippen LogP contribution in [0.3, 0.4) is 0 Å². The van der Waals surface area contributed by atoms with Gasteiger partial charge in [-0.25, -0.2) is 4.79 Å². The van der Waals surface area contributed by atoms with Crippen molar-refractivity contribution in [3.8, 4) is 6.07 Å². The number of aromatic nitrogens is 2. The number of esters is 1. The number of hydrogen-bond acceptors (Lipinski definition) is 6. The Morgan fingerprint density at radius 1 is 1.35 bits per heavy atom. The maximum atomic E-state index is 11.4. The summed E-state index contributed by atoms with van der Waals surface area (Å²) >= 11 is 0. The highest BCUT2D eigenvalue weighted by Gasteiger charge is 2.05. The molecule has 0 spiro atoms. The second-order valence-electron chi connectivity index (χ2n) is 3.96. The molecule has 2 rings (SSSR count). The number of nitrogens with one attached hydrogen (secondary N) is 1. The molecule has 0 aliphatic rings. The van der Waals surface area contributed by atoms with E-state index >= 15 is 0 Å². The smallest absolute Gasteiger partial charge is 0.337 e. The number of nitrogens with zero attached hydrogens (tertiary/aromatic N) is 3. The summed E-state index contributed by atoms with van der Waals surface area (Å²) < 4.78 is 4.67. The van der Waals surface area contributed by atoms with Crippen molar-refractivity contribution in [3.63, 3.8) is 0 Å². The number of nitriles is 1. The van der Waals surface area contributed by atoms with Gasteiger partial charge in [0.2, 0.25) is 0 Å². The van der Waals surface area contributed by atoms with Crippen molar-refractivity contribution in [1.29, 1.82) is 5.26 Å². The van der Waals surface area contributed by atoms with E-state index in [0.717, 1.165) is 5.56 Å². The van der Waals surface area contributed by atoms with E-state index in [9.17, 15) is 4.79 Å². The van der Waals surface area contributed by atoms with Crippen molar-refractivity contribution in [1.82, 2.24) is 10.2 Å². The van der Waals surface area contributed by atoms with Crippen LogP contribution >= 0.6 is 0 Å². The molecule has 0 amide bonds. The molecule has 20 heavy (non-hydrogen) atoms. The second kappa shape index (κ2) is 6.29. The topological polar surface area (TPSA) is 87.9 Å². The summed E-state index contributed by atoms with van der Waals surface area (Å²) in [6.07, 6.45) is 0. The summed E-state index contributed by atoms with van der Waals surface area (Å²) in [5.74, 6) is 0.192. The lowest BCUT2D eigenvalue weighted by Crippen LogP contribution is -2.05.